The molecule has 0 heterocycles. The number of carbonyl (C=O) groups is 1. The highest BCUT2D eigenvalue weighted by atomic mass is 79.9. The molecular formula is C19H20BrClO3. The summed E-state index contributed by atoms with van der Waals surface area (Å²) in [7, 11) is 0. The molecule has 2 aromatic rings. The topological polar surface area (TPSA) is 35.5 Å². The van der Waals surface area contributed by atoms with Gasteiger partial charge in [-0.2, -0.15) is 0 Å². The summed E-state index contributed by atoms with van der Waals surface area (Å²) in [6.45, 7) is 2.68. The maximum absolute atomic E-state index is 11.3. The molecule has 2 rings (SSSR count). The number of hydrogen-bond donors (Lipinski definition) is 0. The van der Waals surface area contributed by atoms with E-state index in [1.54, 1.807) is 6.92 Å². The van der Waals surface area contributed by atoms with Crippen LogP contribution in [0.25, 0.3) is 11.1 Å². The predicted octanol–water partition coefficient (Wildman–Crippen LogP) is 5.62. The van der Waals surface area contributed by atoms with Crippen molar-refractivity contribution < 1.29 is 14.3 Å². The molecule has 0 bridgehead atoms. The van der Waals surface area contributed by atoms with Gasteiger partial charge in [-0.1, -0.05) is 57.9 Å². The van der Waals surface area contributed by atoms with E-state index >= 15 is 0 Å². The van der Waals surface area contributed by atoms with Gasteiger partial charge in [0.1, 0.15) is 5.75 Å². The van der Waals surface area contributed by atoms with Crippen molar-refractivity contribution >= 4 is 33.5 Å². The summed E-state index contributed by atoms with van der Waals surface area (Å²) >= 11 is 9.91. The van der Waals surface area contributed by atoms with Crippen LogP contribution in [0.4, 0.5) is 0 Å². The Kier molecular flexibility index (Phi) is 7.60. The molecule has 5 heteroatoms. The predicted molar refractivity (Wildman–Crippen MR) is 101 cm³/mol. The fraction of sp³-hybridized carbons (Fsp3) is 0.316. The summed E-state index contributed by atoms with van der Waals surface area (Å²) in [5.41, 5.74) is 3.03. The SMILES string of the molecule is CCOC(=O)CCCOc1cccc(-c2cccc(CBr)c2Cl)c1. The number of benzene rings is 2. The van der Waals surface area contributed by atoms with Crippen LogP contribution < -0.4 is 4.74 Å². The van der Waals surface area contributed by atoms with E-state index in [9.17, 15) is 4.79 Å². The van der Waals surface area contributed by atoms with Gasteiger partial charge in [0.05, 0.1) is 18.2 Å². The van der Waals surface area contributed by atoms with Crippen LogP contribution in [0.15, 0.2) is 42.5 Å². The van der Waals surface area contributed by atoms with Crippen molar-refractivity contribution in [3.63, 3.8) is 0 Å². The lowest BCUT2D eigenvalue weighted by atomic mass is 10.0. The highest BCUT2D eigenvalue weighted by Crippen LogP contribution is 2.33. The zero-order chi connectivity index (χ0) is 17.4. The monoisotopic (exact) mass is 410 g/mol. The number of rotatable bonds is 8. The van der Waals surface area contributed by atoms with Crippen molar-refractivity contribution in [2.75, 3.05) is 13.2 Å². The van der Waals surface area contributed by atoms with Gasteiger partial charge in [-0.15, -0.1) is 0 Å². The van der Waals surface area contributed by atoms with Crippen molar-refractivity contribution in [3.05, 3.63) is 53.1 Å². The second-order valence-corrected chi connectivity index (χ2v) is 6.14. The van der Waals surface area contributed by atoms with E-state index in [0.717, 1.165) is 27.5 Å². The van der Waals surface area contributed by atoms with E-state index in [2.05, 4.69) is 15.9 Å². The molecule has 0 aromatic heterocycles. The summed E-state index contributed by atoms with van der Waals surface area (Å²) < 4.78 is 10.6. The lowest BCUT2D eigenvalue weighted by Crippen LogP contribution is -2.06. The quantitative estimate of drug-likeness (QED) is 0.321. The second kappa shape index (κ2) is 9.70. The van der Waals surface area contributed by atoms with Gasteiger partial charge in [0.2, 0.25) is 0 Å². The Morgan fingerprint density at radius 3 is 2.75 bits per heavy atom. The highest BCUT2D eigenvalue weighted by molar-refractivity contribution is 9.08. The largest absolute Gasteiger partial charge is 0.494 e. The molecule has 0 N–H and O–H groups in total. The molecule has 0 unspecified atom stereocenters. The summed E-state index contributed by atoms with van der Waals surface area (Å²) in [6.07, 6.45) is 0.996. The summed E-state index contributed by atoms with van der Waals surface area (Å²) in [5.74, 6) is 0.574. The molecule has 0 amide bonds. The number of esters is 1. The lowest BCUT2D eigenvalue weighted by molar-refractivity contribution is -0.143. The van der Waals surface area contributed by atoms with Crippen molar-refractivity contribution in [1.29, 1.82) is 0 Å². The van der Waals surface area contributed by atoms with Crippen LogP contribution in [0.3, 0.4) is 0 Å². The van der Waals surface area contributed by atoms with Gasteiger partial charge in [-0.05, 0) is 36.6 Å². The smallest absolute Gasteiger partial charge is 0.305 e. The van der Waals surface area contributed by atoms with Crippen molar-refractivity contribution in [2.24, 2.45) is 0 Å². The van der Waals surface area contributed by atoms with Crippen LogP contribution in [-0.4, -0.2) is 19.2 Å². The minimum Gasteiger partial charge on any atom is -0.494 e. The number of carbonyl (C=O) groups excluding carboxylic acids is 1. The Bertz CT molecular complexity index is 688. The maximum atomic E-state index is 11.3. The van der Waals surface area contributed by atoms with Crippen LogP contribution >= 0.6 is 27.5 Å². The fourth-order valence-electron chi connectivity index (χ4n) is 2.30. The summed E-state index contributed by atoms with van der Waals surface area (Å²) in [6, 6.07) is 13.8. The first-order chi connectivity index (χ1) is 11.7. The number of hydrogen-bond acceptors (Lipinski definition) is 3. The van der Waals surface area contributed by atoms with E-state index in [1.165, 1.54) is 0 Å². The number of ether oxygens (including phenoxy) is 2. The molecule has 0 aliphatic rings. The Morgan fingerprint density at radius 1 is 1.21 bits per heavy atom. The average Bonchev–Trinajstić information content (AvgIpc) is 2.59. The van der Waals surface area contributed by atoms with E-state index in [1.807, 2.05) is 42.5 Å². The van der Waals surface area contributed by atoms with Crippen molar-refractivity contribution in [1.82, 2.24) is 0 Å². The molecule has 128 valence electrons. The van der Waals surface area contributed by atoms with Gasteiger partial charge in [0, 0.05) is 17.3 Å². The Morgan fingerprint density at radius 2 is 2.00 bits per heavy atom. The molecule has 0 fully saturated rings. The Balaban J connectivity index is 2.01. The van der Waals surface area contributed by atoms with E-state index in [4.69, 9.17) is 21.1 Å². The molecule has 0 aliphatic heterocycles. The first kappa shape index (κ1) is 18.8. The van der Waals surface area contributed by atoms with E-state index in [0.29, 0.717) is 31.4 Å². The molecule has 2 aromatic carbocycles. The molecule has 3 nitrogen and oxygen atoms in total. The standard InChI is InChI=1S/C19H20BrClO3/c1-2-23-18(22)10-5-11-24-16-8-3-6-14(12-16)17-9-4-7-15(13-20)19(17)21/h3-4,6-9,12H,2,5,10-11,13H2,1H3. The van der Waals surface area contributed by atoms with Gasteiger partial charge >= 0.3 is 5.97 Å². The Labute approximate surface area is 156 Å². The Hall–Kier alpha value is -1.52. The first-order valence-electron chi connectivity index (χ1n) is 7.88. The molecule has 0 aliphatic carbocycles. The average molecular weight is 412 g/mol. The van der Waals surface area contributed by atoms with Crippen LogP contribution in [-0.2, 0) is 14.9 Å². The molecule has 24 heavy (non-hydrogen) atoms. The maximum Gasteiger partial charge on any atom is 0.305 e. The zero-order valence-corrected chi connectivity index (χ0v) is 15.9. The number of alkyl halides is 1. The minimum absolute atomic E-state index is 0.187. The third kappa shape index (κ3) is 5.25. The van der Waals surface area contributed by atoms with Gasteiger partial charge < -0.3 is 9.47 Å². The summed E-state index contributed by atoms with van der Waals surface area (Å²) in [5, 5.41) is 1.46. The van der Waals surface area contributed by atoms with Gasteiger partial charge in [-0.3, -0.25) is 4.79 Å². The minimum atomic E-state index is -0.187. The zero-order valence-electron chi connectivity index (χ0n) is 13.6. The molecule has 0 saturated heterocycles. The van der Waals surface area contributed by atoms with Crippen molar-refractivity contribution in [2.45, 2.75) is 25.1 Å². The fourth-order valence-corrected chi connectivity index (χ4v) is 3.23. The molecule has 0 saturated carbocycles. The third-order valence-electron chi connectivity index (χ3n) is 3.47. The van der Waals surface area contributed by atoms with E-state index < -0.39 is 0 Å². The normalized spacial score (nSPS) is 10.5. The molecular weight excluding hydrogens is 392 g/mol. The highest BCUT2D eigenvalue weighted by Gasteiger charge is 2.08. The van der Waals surface area contributed by atoms with Gasteiger partial charge in [-0.25, -0.2) is 0 Å². The first-order valence-corrected chi connectivity index (χ1v) is 9.37. The van der Waals surface area contributed by atoms with Crippen LogP contribution in [0.2, 0.25) is 5.02 Å². The van der Waals surface area contributed by atoms with Crippen LogP contribution in [0.5, 0.6) is 5.75 Å². The lowest BCUT2D eigenvalue weighted by Gasteiger charge is -2.11. The van der Waals surface area contributed by atoms with E-state index in [-0.39, 0.29) is 5.97 Å². The van der Waals surface area contributed by atoms with Gasteiger partial charge in [0.15, 0.2) is 0 Å². The molecule has 0 atom stereocenters. The second-order valence-electron chi connectivity index (χ2n) is 5.20. The molecule has 0 spiro atoms. The van der Waals surface area contributed by atoms with Gasteiger partial charge in [0.25, 0.3) is 0 Å². The van der Waals surface area contributed by atoms with Crippen LogP contribution in [0, 0.1) is 0 Å². The third-order valence-corrected chi connectivity index (χ3v) is 4.52. The van der Waals surface area contributed by atoms with Crippen LogP contribution in [0.1, 0.15) is 25.3 Å². The summed E-state index contributed by atoms with van der Waals surface area (Å²) in [4.78, 5) is 11.3. The molecule has 0 radical (unpaired) electrons. The number of halogens is 2. The van der Waals surface area contributed by atoms with Crippen molar-refractivity contribution in [3.8, 4) is 16.9 Å².